The van der Waals surface area contributed by atoms with Crippen LogP contribution in [0.15, 0.2) is 23.6 Å². The maximum Gasteiger partial charge on any atom is 0.433 e. The maximum absolute atomic E-state index is 13.3. The smallest absolute Gasteiger partial charge is 0.342 e. The summed E-state index contributed by atoms with van der Waals surface area (Å²) in [5, 5.41) is 1.80. The van der Waals surface area contributed by atoms with Crippen LogP contribution < -0.4 is 0 Å². The van der Waals surface area contributed by atoms with Gasteiger partial charge < -0.3 is 4.90 Å². The van der Waals surface area contributed by atoms with Gasteiger partial charge in [-0.25, -0.2) is 9.97 Å². The number of hydrogen-bond donors (Lipinski definition) is 0. The molecule has 1 saturated heterocycles. The lowest BCUT2D eigenvalue weighted by Crippen LogP contribution is -2.41. The Morgan fingerprint density at radius 3 is 2.73 bits per heavy atom. The predicted molar refractivity (Wildman–Crippen MR) is 93.7 cm³/mol. The largest absolute Gasteiger partial charge is 0.433 e. The molecule has 3 rings (SSSR count). The first-order valence-corrected chi connectivity index (χ1v) is 9.42. The van der Waals surface area contributed by atoms with E-state index >= 15 is 0 Å². The highest BCUT2D eigenvalue weighted by Crippen LogP contribution is 2.34. The monoisotopic (exact) mass is 383 g/mol. The van der Waals surface area contributed by atoms with Crippen LogP contribution in [-0.4, -0.2) is 33.9 Å². The van der Waals surface area contributed by atoms with Gasteiger partial charge in [-0.15, -0.1) is 11.3 Å². The molecule has 1 fully saturated rings. The zero-order valence-electron chi connectivity index (χ0n) is 14.6. The van der Waals surface area contributed by atoms with Crippen LogP contribution in [0.5, 0.6) is 0 Å². The molecule has 0 saturated carbocycles. The van der Waals surface area contributed by atoms with Crippen LogP contribution in [0, 0.1) is 5.92 Å². The van der Waals surface area contributed by atoms with Gasteiger partial charge in [-0.2, -0.15) is 13.2 Å². The van der Waals surface area contributed by atoms with Gasteiger partial charge in [0.2, 0.25) is 5.91 Å². The second kappa shape index (κ2) is 7.34. The molecule has 2 aromatic rings. The molecule has 1 aliphatic rings. The summed E-state index contributed by atoms with van der Waals surface area (Å²) in [5.74, 6) is -0.241. The Bertz CT molecular complexity index is 774. The number of alkyl halides is 3. The molecule has 8 heteroatoms. The molecule has 0 N–H and O–H groups in total. The lowest BCUT2D eigenvalue weighted by Gasteiger charge is -2.33. The Kier molecular flexibility index (Phi) is 5.32. The second-order valence-electron chi connectivity index (χ2n) is 6.75. The summed E-state index contributed by atoms with van der Waals surface area (Å²) < 4.78 is 39.9. The van der Waals surface area contributed by atoms with Gasteiger partial charge in [0.05, 0.1) is 10.6 Å². The van der Waals surface area contributed by atoms with Crippen LogP contribution >= 0.6 is 11.3 Å². The Hall–Kier alpha value is -1.96. The van der Waals surface area contributed by atoms with Gasteiger partial charge in [0, 0.05) is 24.9 Å². The van der Waals surface area contributed by atoms with Crippen LogP contribution in [0.2, 0.25) is 0 Å². The van der Waals surface area contributed by atoms with Crippen molar-refractivity contribution in [2.24, 2.45) is 5.92 Å². The van der Waals surface area contributed by atoms with Gasteiger partial charge in [-0.3, -0.25) is 4.79 Å². The number of halogens is 3. The number of carbonyl (C=O) groups excluding carboxylic acids is 1. The van der Waals surface area contributed by atoms with Gasteiger partial charge in [0.15, 0.2) is 0 Å². The number of hydrogen-bond acceptors (Lipinski definition) is 4. The van der Waals surface area contributed by atoms with Crippen molar-refractivity contribution in [1.29, 1.82) is 0 Å². The molecule has 26 heavy (non-hydrogen) atoms. The van der Waals surface area contributed by atoms with Crippen molar-refractivity contribution in [1.82, 2.24) is 14.9 Å². The molecule has 3 heterocycles. The molecule has 0 aromatic carbocycles. The minimum atomic E-state index is -4.54. The van der Waals surface area contributed by atoms with Crippen molar-refractivity contribution in [3.63, 3.8) is 0 Å². The fourth-order valence-electron chi connectivity index (χ4n) is 3.10. The standard InChI is InChI=1S/C18H20F3N3OS/c1-11(2)17(25)24-7-3-5-12(10-24)16-22-13(14-6-4-8-26-14)9-15(23-16)18(19,20)21/h4,6,8-9,11-12H,3,5,7,10H2,1-2H3. The number of rotatable bonds is 3. The normalized spacial score (nSPS) is 18.4. The van der Waals surface area contributed by atoms with Crippen molar-refractivity contribution in [3.05, 3.63) is 35.1 Å². The zero-order valence-corrected chi connectivity index (χ0v) is 15.4. The van der Waals surface area contributed by atoms with Crippen molar-refractivity contribution >= 4 is 17.2 Å². The predicted octanol–water partition coefficient (Wildman–Crippen LogP) is 4.59. The van der Waals surface area contributed by atoms with Gasteiger partial charge >= 0.3 is 6.18 Å². The van der Waals surface area contributed by atoms with Crippen LogP contribution in [0.25, 0.3) is 10.6 Å². The van der Waals surface area contributed by atoms with Gasteiger partial charge in [-0.05, 0) is 30.4 Å². The first-order chi connectivity index (χ1) is 12.3. The summed E-state index contributed by atoms with van der Waals surface area (Å²) in [5.41, 5.74) is -0.650. The SMILES string of the molecule is CC(C)C(=O)N1CCCC(c2nc(-c3cccs3)cc(C(F)(F)F)n2)C1. The van der Waals surface area contributed by atoms with E-state index in [9.17, 15) is 18.0 Å². The van der Waals surface area contributed by atoms with E-state index in [1.54, 1.807) is 22.4 Å². The van der Waals surface area contributed by atoms with E-state index in [0.29, 0.717) is 24.4 Å². The molecule has 1 amide bonds. The number of carbonyl (C=O) groups is 1. The number of nitrogens with zero attached hydrogens (tertiary/aromatic N) is 3. The molecule has 1 atom stereocenters. The van der Waals surface area contributed by atoms with E-state index in [4.69, 9.17) is 0 Å². The molecule has 0 radical (unpaired) electrons. The number of amides is 1. The summed E-state index contributed by atoms with van der Waals surface area (Å²) in [6.45, 7) is 4.63. The Morgan fingerprint density at radius 1 is 1.35 bits per heavy atom. The zero-order chi connectivity index (χ0) is 18.9. The summed E-state index contributed by atoms with van der Waals surface area (Å²) >= 11 is 1.34. The second-order valence-corrected chi connectivity index (χ2v) is 7.70. The third-order valence-electron chi connectivity index (χ3n) is 4.40. The molecule has 0 spiro atoms. The van der Waals surface area contributed by atoms with E-state index in [0.717, 1.165) is 12.5 Å². The Balaban J connectivity index is 1.96. The van der Waals surface area contributed by atoms with Crippen molar-refractivity contribution in [2.45, 2.75) is 38.8 Å². The van der Waals surface area contributed by atoms with Gasteiger partial charge in [-0.1, -0.05) is 19.9 Å². The van der Waals surface area contributed by atoms with Gasteiger partial charge in [0.25, 0.3) is 0 Å². The average Bonchev–Trinajstić information content (AvgIpc) is 3.14. The summed E-state index contributed by atoms with van der Waals surface area (Å²) in [7, 11) is 0. The lowest BCUT2D eigenvalue weighted by atomic mass is 9.96. The quantitative estimate of drug-likeness (QED) is 0.779. The van der Waals surface area contributed by atoms with E-state index in [-0.39, 0.29) is 29.3 Å². The molecule has 1 aliphatic heterocycles. The van der Waals surface area contributed by atoms with E-state index in [1.165, 1.54) is 11.3 Å². The Labute approximate surface area is 154 Å². The van der Waals surface area contributed by atoms with Crippen molar-refractivity contribution in [3.8, 4) is 10.6 Å². The number of aromatic nitrogens is 2. The highest BCUT2D eigenvalue weighted by molar-refractivity contribution is 7.13. The molecule has 4 nitrogen and oxygen atoms in total. The van der Waals surface area contributed by atoms with Crippen molar-refractivity contribution < 1.29 is 18.0 Å². The Morgan fingerprint density at radius 2 is 2.12 bits per heavy atom. The number of piperidine rings is 1. The molecule has 140 valence electrons. The molecule has 2 aromatic heterocycles. The van der Waals surface area contributed by atoms with Crippen LogP contribution in [0.3, 0.4) is 0 Å². The summed E-state index contributed by atoms with van der Waals surface area (Å²) in [6, 6.07) is 4.51. The third kappa shape index (κ3) is 4.06. The molecule has 0 bridgehead atoms. The minimum Gasteiger partial charge on any atom is -0.342 e. The van der Waals surface area contributed by atoms with E-state index in [2.05, 4.69) is 9.97 Å². The maximum atomic E-state index is 13.3. The fourth-order valence-corrected chi connectivity index (χ4v) is 3.78. The summed E-state index contributed by atoms with van der Waals surface area (Å²) in [6.07, 6.45) is -3.13. The topological polar surface area (TPSA) is 46.1 Å². The van der Waals surface area contributed by atoms with Crippen LogP contribution in [0.1, 0.15) is 44.1 Å². The fraction of sp³-hybridized carbons (Fsp3) is 0.500. The van der Waals surface area contributed by atoms with Crippen LogP contribution in [-0.2, 0) is 11.0 Å². The first kappa shape index (κ1) is 18.8. The average molecular weight is 383 g/mol. The first-order valence-electron chi connectivity index (χ1n) is 8.54. The summed E-state index contributed by atoms with van der Waals surface area (Å²) in [4.78, 5) is 22.9. The number of likely N-dealkylation sites (tertiary alicyclic amines) is 1. The van der Waals surface area contributed by atoms with Gasteiger partial charge in [0.1, 0.15) is 11.5 Å². The molecular weight excluding hydrogens is 363 g/mol. The third-order valence-corrected chi connectivity index (χ3v) is 5.29. The highest BCUT2D eigenvalue weighted by Gasteiger charge is 2.35. The molecule has 0 aliphatic carbocycles. The van der Waals surface area contributed by atoms with E-state index < -0.39 is 11.9 Å². The van der Waals surface area contributed by atoms with Crippen molar-refractivity contribution in [2.75, 3.05) is 13.1 Å². The van der Waals surface area contributed by atoms with E-state index in [1.807, 2.05) is 13.8 Å². The molecule has 1 unspecified atom stereocenters. The lowest BCUT2D eigenvalue weighted by molar-refractivity contribution is -0.141. The molecular formula is C18H20F3N3OS. The number of thiophene rings is 1. The van der Waals surface area contributed by atoms with Crippen LogP contribution in [0.4, 0.5) is 13.2 Å². The highest BCUT2D eigenvalue weighted by atomic mass is 32.1. The minimum absolute atomic E-state index is 0.0140.